The van der Waals surface area contributed by atoms with Crippen molar-refractivity contribution in [2.45, 2.75) is 25.8 Å². The molecule has 0 unspecified atom stereocenters. The molecular weight excluding hydrogens is 386 g/mol. The van der Waals surface area contributed by atoms with Crippen LogP contribution in [0.3, 0.4) is 0 Å². The van der Waals surface area contributed by atoms with Gasteiger partial charge in [-0.2, -0.15) is 5.26 Å². The van der Waals surface area contributed by atoms with E-state index in [2.05, 4.69) is 6.07 Å². The first-order chi connectivity index (χ1) is 14.2. The van der Waals surface area contributed by atoms with Gasteiger partial charge in [0, 0.05) is 35.9 Å². The van der Waals surface area contributed by atoms with Gasteiger partial charge in [0.05, 0.1) is 24.8 Å². The molecule has 0 bridgehead atoms. The maximum absolute atomic E-state index is 13.4. The first kappa shape index (κ1) is 19.0. The van der Waals surface area contributed by atoms with E-state index in [0.717, 1.165) is 16.9 Å². The van der Waals surface area contributed by atoms with Crippen molar-refractivity contribution >= 4 is 21.6 Å². The largest absolute Gasteiger partial charge is 0.496 e. The predicted molar refractivity (Wildman–Crippen MR) is 112 cm³/mol. The third kappa shape index (κ3) is 3.67. The third-order valence-corrected chi connectivity index (χ3v) is 5.64. The number of benzene rings is 1. The molecule has 0 atom stereocenters. The summed E-state index contributed by atoms with van der Waals surface area (Å²) in [5.74, 6) is 2.07. The summed E-state index contributed by atoms with van der Waals surface area (Å²) in [6.45, 7) is 0.438. The minimum atomic E-state index is -0.106. The lowest BCUT2D eigenvalue weighted by Crippen LogP contribution is -2.25. The molecule has 3 heterocycles. The monoisotopic (exact) mass is 405 g/mol. The van der Waals surface area contributed by atoms with Crippen molar-refractivity contribution in [3.05, 3.63) is 69.8 Å². The summed E-state index contributed by atoms with van der Waals surface area (Å²) < 4.78 is 12.7. The minimum absolute atomic E-state index is 0.106. The summed E-state index contributed by atoms with van der Waals surface area (Å²) in [4.78, 5) is 18.9. The molecule has 0 N–H and O–H groups in total. The highest BCUT2D eigenvalue weighted by molar-refractivity contribution is 7.17. The summed E-state index contributed by atoms with van der Waals surface area (Å²) in [7, 11) is 1.63. The molecule has 1 aromatic carbocycles. The number of ether oxygens (including phenoxy) is 1. The molecule has 0 saturated carbocycles. The van der Waals surface area contributed by atoms with Crippen molar-refractivity contribution in [1.29, 1.82) is 5.26 Å². The first-order valence-electron chi connectivity index (χ1n) is 9.26. The van der Waals surface area contributed by atoms with E-state index in [4.69, 9.17) is 19.4 Å². The van der Waals surface area contributed by atoms with Crippen LogP contribution in [0.1, 0.15) is 24.2 Å². The van der Waals surface area contributed by atoms with Gasteiger partial charge in [-0.25, -0.2) is 4.98 Å². The average Bonchev–Trinajstić information content (AvgIpc) is 3.40. The highest BCUT2D eigenvalue weighted by Crippen LogP contribution is 2.32. The number of hydrogen-bond donors (Lipinski definition) is 0. The molecule has 0 aliphatic carbocycles. The van der Waals surface area contributed by atoms with Crippen LogP contribution < -0.4 is 10.3 Å². The molecule has 6 nitrogen and oxygen atoms in total. The van der Waals surface area contributed by atoms with Crippen molar-refractivity contribution in [2.75, 3.05) is 7.11 Å². The zero-order valence-electron chi connectivity index (χ0n) is 15.9. The van der Waals surface area contributed by atoms with E-state index in [1.54, 1.807) is 24.0 Å². The van der Waals surface area contributed by atoms with Crippen molar-refractivity contribution in [1.82, 2.24) is 9.55 Å². The van der Waals surface area contributed by atoms with Crippen LogP contribution in [0.15, 0.2) is 57.3 Å². The molecule has 4 rings (SSSR count). The Balaban J connectivity index is 1.86. The number of rotatable bonds is 7. The Morgan fingerprint density at radius 3 is 2.90 bits per heavy atom. The zero-order chi connectivity index (χ0) is 20.2. The van der Waals surface area contributed by atoms with Gasteiger partial charge in [0.25, 0.3) is 5.56 Å². The fourth-order valence-corrected chi connectivity index (χ4v) is 4.32. The fourth-order valence-electron chi connectivity index (χ4n) is 3.38. The highest BCUT2D eigenvalue weighted by atomic mass is 32.1. The number of nitrogens with zero attached hydrogens (tertiary/aromatic N) is 3. The van der Waals surface area contributed by atoms with E-state index in [-0.39, 0.29) is 5.56 Å². The Bertz CT molecular complexity index is 1230. The van der Waals surface area contributed by atoms with Gasteiger partial charge in [-0.1, -0.05) is 18.2 Å². The third-order valence-electron chi connectivity index (χ3n) is 4.77. The summed E-state index contributed by atoms with van der Waals surface area (Å²) in [5, 5.41) is 11.4. The lowest BCUT2D eigenvalue weighted by Gasteiger charge is -2.14. The SMILES string of the molecule is COc1ccccc1Cc1nc2scc(-c3ccco3)c2c(=O)n1CCCC#N. The number of hydrogen-bond acceptors (Lipinski definition) is 6. The zero-order valence-corrected chi connectivity index (χ0v) is 16.7. The van der Waals surface area contributed by atoms with Crippen LogP contribution in [0.4, 0.5) is 0 Å². The van der Waals surface area contributed by atoms with Crippen molar-refractivity contribution in [3.8, 4) is 23.1 Å². The predicted octanol–water partition coefficient (Wildman–Crippen LogP) is 4.62. The Morgan fingerprint density at radius 2 is 2.14 bits per heavy atom. The lowest BCUT2D eigenvalue weighted by atomic mass is 10.1. The fraction of sp³-hybridized carbons (Fsp3) is 0.227. The van der Waals surface area contributed by atoms with Crippen molar-refractivity contribution in [3.63, 3.8) is 0 Å². The van der Waals surface area contributed by atoms with Crippen molar-refractivity contribution < 1.29 is 9.15 Å². The summed E-state index contributed by atoms with van der Waals surface area (Å²) in [6, 6.07) is 13.5. The molecule has 4 aromatic rings. The molecule has 3 aromatic heterocycles. The van der Waals surface area contributed by atoms with Gasteiger partial charge in [-0.05, 0) is 24.6 Å². The number of para-hydroxylation sites is 1. The molecule has 0 aliphatic heterocycles. The van der Waals surface area contributed by atoms with E-state index in [1.807, 2.05) is 35.7 Å². The molecule has 0 radical (unpaired) electrons. The average molecular weight is 405 g/mol. The first-order valence-corrected chi connectivity index (χ1v) is 10.1. The molecular formula is C22H19N3O3S. The lowest BCUT2D eigenvalue weighted by molar-refractivity contribution is 0.410. The molecule has 7 heteroatoms. The van der Waals surface area contributed by atoms with E-state index >= 15 is 0 Å². The molecule has 0 amide bonds. The van der Waals surface area contributed by atoms with Gasteiger partial charge in [0.1, 0.15) is 22.2 Å². The maximum atomic E-state index is 13.4. The molecule has 0 spiro atoms. The Labute approximate surface area is 171 Å². The number of thiophene rings is 1. The van der Waals surface area contributed by atoms with Gasteiger partial charge in [-0.15, -0.1) is 11.3 Å². The summed E-state index contributed by atoms with van der Waals surface area (Å²) in [6.07, 6.45) is 3.03. The van der Waals surface area contributed by atoms with Gasteiger partial charge >= 0.3 is 0 Å². The standard InChI is InChI=1S/C22H19N3O3S/c1-27-17-8-3-2-7-15(17)13-19-24-21-20(22(26)25(19)11-5-4-10-23)16(14-29-21)18-9-6-12-28-18/h2-3,6-9,12,14H,4-5,11,13H2,1H3. The van der Waals surface area contributed by atoms with E-state index in [1.165, 1.54) is 11.3 Å². The second-order valence-corrected chi connectivity index (χ2v) is 7.40. The van der Waals surface area contributed by atoms with Crippen LogP contribution in [0, 0.1) is 11.3 Å². The topological polar surface area (TPSA) is 81.1 Å². The Morgan fingerprint density at radius 1 is 1.28 bits per heavy atom. The second kappa shape index (κ2) is 8.33. The number of nitriles is 1. The number of methoxy groups -OCH3 is 1. The Hall–Kier alpha value is -3.37. The van der Waals surface area contributed by atoms with Crippen LogP contribution in [0.2, 0.25) is 0 Å². The van der Waals surface area contributed by atoms with Crippen LogP contribution in [-0.2, 0) is 13.0 Å². The van der Waals surface area contributed by atoms with E-state index < -0.39 is 0 Å². The highest BCUT2D eigenvalue weighted by Gasteiger charge is 2.19. The number of unbranched alkanes of at least 4 members (excludes halogenated alkanes) is 1. The number of fused-ring (bicyclic) bond motifs is 1. The molecule has 146 valence electrons. The van der Waals surface area contributed by atoms with Gasteiger partial charge in [-0.3, -0.25) is 9.36 Å². The van der Waals surface area contributed by atoms with Gasteiger partial charge in [0.15, 0.2) is 0 Å². The molecule has 0 fully saturated rings. The number of aromatic nitrogens is 2. The number of furan rings is 1. The van der Waals surface area contributed by atoms with Crippen LogP contribution in [0.25, 0.3) is 21.5 Å². The smallest absolute Gasteiger partial charge is 0.263 e. The molecule has 29 heavy (non-hydrogen) atoms. The Kier molecular flexibility index (Phi) is 5.45. The minimum Gasteiger partial charge on any atom is -0.496 e. The van der Waals surface area contributed by atoms with Crippen molar-refractivity contribution in [2.24, 2.45) is 0 Å². The van der Waals surface area contributed by atoms with Crippen LogP contribution >= 0.6 is 11.3 Å². The van der Waals surface area contributed by atoms with Gasteiger partial charge in [0.2, 0.25) is 0 Å². The quantitative estimate of drug-likeness (QED) is 0.419. The normalized spacial score (nSPS) is 10.9. The van der Waals surface area contributed by atoms with E-state index in [0.29, 0.717) is 47.6 Å². The summed E-state index contributed by atoms with van der Waals surface area (Å²) in [5.41, 5.74) is 1.61. The maximum Gasteiger partial charge on any atom is 0.263 e. The van der Waals surface area contributed by atoms with E-state index in [9.17, 15) is 4.79 Å². The second-order valence-electron chi connectivity index (χ2n) is 6.54. The molecule has 0 saturated heterocycles. The molecule has 0 aliphatic rings. The van der Waals surface area contributed by atoms with Gasteiger partial charge < -0.3 is 9.15 Å². The van der Waals surface area contributed by atoms with Crippen LogP contribution in [-0.4, -0.2) is 16.7 Å². The van der Waals surface area contributed by atoms with Crippen LogP contribution in [0.5, 0.6) is 5.75 Å². The summed E-state index contributed by atoms with van der Waals surface area (Å²) >= 11 is 1.43.